The smallest absolute Gasteiger partial charge is 0.130 e. The third-order valence-electron chi connectivity index (χ3n) is 3.54. The van der Waals surface area contributed by atoms with E-state index in [1.807, 2.05) is 19.1 Å². The van der Waals surface area contributed by atoms with Crippen LogP contribution in [0, 0.1) is 18.6 Å². The zero-order chi connectivity index (χ0) is 14.3. The van der Waals surface area contributed by atoms with E-state index in [2.05, 4.69) is 0 Å². The van der Waals surface area contributed by atoms with Gasteiger partial charge >= 0.3 is 0 Å². The standard InChI is InChI=1S/C16H14F2O2/c1-9-2-5-15-12(6-9)14(19)8-16(20-15)11-7-10(17)3-4-13(11)18/h2-7,14,16,19H,8H2,1H3/t14-,16?/m1/s1. The van der Waals surface area contributed by atoms with Crippen LogP contribution in [0.25, 0.3) is 0 Å². The van der Waals surface area contributed by atoms with Crippen LogP contribution in [-0.4, -0.2) is 5.11 Å². The third-order valence-corrected chi connectivity index (χ3v) is 3.54. The SMILES string of the molecule is Cc1ccc2c(c1)[C@H](O)CC(c1cc(F)ccc1F)O2. The van der Waals surface area contributed by atoms with E-state index in [1.165, 1.54) is 0 Å². The fourth-order valence-electron chi connectivity index (χ4n) is 2.52. The summed E-state index contributed by atoms with van der Waals surface area (Å²) in [5.74, 6) is -0.531. The van der Waals surface area contributed by atoms with Gasteiger partial charge in [0.1, 0.15) is 23.5 Å². The summed E-state index contributed by atoms with van der Waals surface area (Å²) < 4.78 is 32.8. The Morgan fingerprint density at radius 3 is 2.70 bits per heavy atom. The molecule has 0 aromatic heterocycles. The van der Waals surface area contributed by atoms with Crippen molar-refractivity contribution in [1.82, 2.24) is 0 Å². The predicted octanol–water partition coefficient (Wildman–Crippen LogP) is 3.83. The molecule has 1 aliphatic rings. The molecule has 104 valence electrons. The van der Waals surface area contributed by atoms with Crippen LogP contribution in [0.4, 0.5) is 8.78 Å². The molecular weight excluding hydrogens is 262 g/mol. The van der Waals surface area contributed by atoms with Crippen LogP contribution in [-0.2, 0) is 0 Å². The van der Waals surface area contributed by atoms with Crippen LogP contribution in [0.3, 0.4) is 0 Å². The van der Waals surface area contributed by atoms with Crippen molar-refractivity contribution in [2.24, 2.45) is 0 Å². The number of aryl methyl sites for hydroxylation is 1. The summed E-state index contributed by atoms with van der Waals surface area (Å²) in [5.41, 5.74) is 1.84. The molecule has 0 amide bonds. The molecule has 1 N–H and O–H groups in total. The molecule has 4 heteroatoms. The van der Waals surface area contributed by atoms with Gasteiger partial charge in [0.15, 0.2) is 0 Å². The summed E-state index contributed by atoms with van der Waals surface area (Å²) in [6.45, 7) is 1.92. The first-order valence-corrected chi connectivity index (χ1v) is 6.45. The number of fused-ring (bicyclic) bond motifs is 1. The molecule has 0 saturated heterocycles. The average molecular weight is 276 g/mol. The molecule has 2 aromatic rings. The third kappa shape index (κ3) is 2.27. The Morgan fingerprint density at radius 2 is 1.90 bits per heavy atom. The van der Waals surface area contributed by atoms with Crippen molar-refractivity contribution in [1.29, 1.82) is 0 Å². The zero-order valence-corrected chi connectivity index (χ0v) is 10.9. The first kappa shape index (κ1) is 13.1. The van der Waals surface area contributed by atoms with Gasteiger partial charge in [0, 0.05) is 17.5 Å². The predicted molar refractivity (Wildman–Crippen MR) is 70.5 cm³/mol. The maximum absolute atomic E-state index is 13.8. The monoisotopic (exact) mass is 276 g/mol. The highest BCUT2D eigenvalue weighted by molar-refractivity contribution is 5.41. The lowest BCUT2D eigenvalue weighted by atomic mass is 9.94. The van der Waals surface area contributed by atoms with Gasteiger partial charge in [-0.1, -0.05) is 11.6 Å². The van der Waals surface area contributed by atoms with E-state index < -0.39 is 23.8 Å². The van der Waals surface area contributed by atoms with Crippen LogP contribution in [0.1, 0.15) is 35.3 Å². The van der Waals surface area contributed by atoms with Crippen LogP contribution in [0.5, 0.6) is 5.75 Å². The van der Waals surface area contributed by atoms with Crippen molar-refractivity contribution in [2.75, 3.05) is 0 Å². The Morgan fingerprint density at radius 1 is 1.10 bits per heavy atom. The molecule has 2 nitrogen and oxygen atoms in total. The zero-order valence-electron chi connectivity index (χ0n) is 10.9. The van der Waals surface area contributed by atoms with E-state index in [1.54, 1.807) is 6.07 Å². The van der Waals surface area contributed by atoms with E-state index in [9.17, 15) is 13.9 Å². The molecule has 1 unspecified atom stereocenters. The largest absolute Gasteiger partial charge is 0.485 e. The van der Waals surface area contributed by atoms with Gasteiger partial charge in [0.05, 0.1) is 6.10 Å². The van der Waals surface area contributed by atoms with E-state index >= 15 is 0 Å². The van der Waals surface area contributed by atoms with Gasteiger partial charge < -0.3 is 9.84 Å². The number of aliphatic hydroxyl groups is 1. The van der Waals surface area contributed by atoms with Gasteiger partial charge in [-0.05, 0) is 37.3 Å². The Bertz CT molecular complexity index is 655. The molecule has 0 bridgehead atoms. The van der Waals surface area contributed by atoms with Crippen molar-refractivity contribution < 1.29 is 18.6 Å². The molecule has 2 atom stereocenters. The quantitative estimate of drug-likeness (QED) is 0.857. The molecule has 0 radical (unpaired) electrons. The number of ether oxygens (including phenoxy) is 1. The fraction of sp³-hybridized carbons (Fsp3) is 0.250. The maximum atomic E-state index is 13.8. The molecule has 1 aliphatic heterocycles. The van der Waals surface area contributed by atoms with Gasteiger partial charge in [-0.2, -0.15) is 0 Å². The topological polar surface area (TPSA) is 29.5 Å². The van der Waals surface area contributed by atoms with Crippen molar-refractivity contribution in [2.45, 2.75) is 25.6 Å². The second-order valence-electron chi connectivity index (χ2n) is 5.07. The number of benzene rings is 2. The average Bonchev–Trinajstić information content (AvgIpc) is 2.42. The maximum Gasteiger partial charge on any atom is 0.130 e. The lowest BCUT2D eigenvalue weighted by molar-refractivity contribution is 0.0638. The number of rotatable bonds is 1. The number of hydrogen-bond acceptors (Lipinski definition) is 2. The van der Waals surface area contributed by atoms with Crippen LogP contribution in [0.2, 0.25) is 0 Å². The number of hydrogen-bond donors (Lipinski definition) is 1. The lowest BCUT2D eigenvalue weighted by Crippen LogP contribution is -2.20. The second-order valence-corrected chi connectivity index (χ2v) is 5.07. The summed E-state index contributed by atoms with van der Waals surface area (Å²) >= 11 is 0. The Hall–Kier alpha value is -1.94. The van der Waals surface area contributed by atoms with Gasteiger partial charge in [-0.25, -0.2) is 8.78 Å². The highest BCUT2D eigenvalue weighted by atomic mass is 19.1. The second kappa shape index (κ2) is 4.87. The van der Waals surface area contributed by atoms with E-state index in [-0.39, 0.29) is 12.0 Å². The highest BCUT2D eigenvalue weighted by Crippen LogP contribution is 2.41. The van der Waals surface area contributed by atoms with E-state index in [0.29, 0.717) is 11.3 Å². The molecule has 0 aliphatic carbocycles. The summed E-state index contributed by atoms with van der Waals surface area (Å²) in [6.07, 6.45) is -1.22. The Kier molecular flexibility index (Phi) is 3.18. The molecule has 1 heterocycles. The first-order valence-electron chi connectivity index (χ1n) is 6.45. The van der Waals surface area contributed by atoms with E-state index in [0.717, 1.165) is 23.8 Å². The Labute approximate surface area is 115 Å². The van der Waals surface area contributed by atoms with Gasteiger partial charge in [-0.3, -0.25) is 0 Å². The number of halogens is 2. The fourth-order valence-corrected chi connectivity index (χ4v) is 2.52. The van der Waals surface area contributed by atoms with Crippen LogP contribution >= 0.6 is 0 Å². The molecule has 0 saturated carbocycles. The Balaban J connectivity index is 1.99. The summed E-state index contributed by atoms with van der Waals surface area (Å²) in [7, 11) is 0. The van der Waals surface area contributed by atoms with Gasteiger partial charge in [0.2, 0.25) is 0 Å². The lowest BCUT2D eigenvalue weighted by Gasteiger charge is -2.30. The van der Waals surface area contributed by atoms with E-state index in [4.69, 9.17) is 4.74 Å². The minimum atomic E-state index is -0.744. The molecule has 3 rings (SSSR count). The molecule has 2 aromatic carbocycles. The normalized spacial score (nSPS) is 21.2. The van der Waals surface area contributed by atoms with Crippen LogP contribution in [0.15, 0.2) is 36.4 Å². The van der Waals surface area contributed by atoms with Crippen molar-refractivity contribution in [3.05, 3.63) is 64.7 Å². The minimum absolute atomic E-state index is 0.135. The van der Waals surface area contributed by atoms with Crippen LogP contribution < -0.4 is 4.74 Å². The highest BCUT2D eigenvalue weighted by Gasteiger charge is 2.29. The summed E-state index contributed by atoms with van der Waals surface area (Å²) in [5, 5.41) is 10.2. The summed E-state index contributed by atoms with van der Waals surface area (Å²) in [6, 6.07) is 8.71. The summed E-state index contributed by atoms with van der Waals surface area (Å²) in [4.78, 5) is 0. The number of aliphatic hydroxyl groups excluding tert-OH is 1. The van der Waals surface area contributed by atoms with Gasteiger partial charge in [0.25, 0.3) is 0 Å². The molecule has 0 spiro atoms. The van der Waals surface area contributed by atoms with Crippen molar-refractivity contribution in [3.63, 3.8) is 0 Å². The van der Waals surface area contributed by atoms with Crippen molar-refractivity contribution in [3.8, 4) is 5.75 Å². The molecule has 0 fully saturated rings. The van der Waals surface area contributed by atoms with Crippen molar-refractivity contribution >= 4 is 0 Å². The molecule has 20 heavy (non-hydrogen) atoms. The van der Waals surface area contributed by atoms with Gasteiger partial charge in [-0.15, -0.1) is 0 Å². The minimum Gasteiger partial charge on any atom is -0.485 e. The first-order chi connectivity index (χ1) is 9.54. The molecular formula is C16H14F2O2.